The van der Waals surface area contributed by atoms with Crippen molar-refractivity contribution >= 4 is 17.4 Å². The lowest BCUT2D eigenvalue weighted by Gasteiger charge is -2.26. The molecule has 2 rings (SSSR count). The fraction of sp³-hybridized carbons (Fsp3) is 0.583. The summed E-state index contributed by atoms with van der Waals surface area (Å²) in [6.45, 7) is 2.73. The number of nitrogens with zero attached hydrogens (tertiary/aromatic N) is 1. The van der Waals surface area contributed by atoms with Crippen LogP contribution in [0.3, 0.4) is 0 Å². The number of amides is 2. The first-order valence-electron chi connectivity index (χ1n) is 5.80. The molecule has 0 saturated carbocycles. The van der Waals surface area contributed by atoms with Gasteiger partial charge < -0.3 is 10.2 Å². The number of rotatable bonds is 2. The van der Waals surface area contributed by atoms with Crippen molar-refractivity contribution in [3.8, 4) is 0 Å². The molecule has 0 fully saturated rings. The highest BCUT2D eigenvalue weighted by molar-refractivity contribution is 7.10. The summed E-state index contributed by atoms with van der Waals surface area (Å²) in [5, 5.41) is 5.23. The Balaban J connectivity index is 2.05. The van der Waals surface area contributed by atoms with Gasteiger partial charge in [0.25, 0.3) is 0 Å². The molecule has 0 saturated heterocycles. The minimum absolute atomic E-state index is 0.0338. The summed E-state index contributed by atoms with van der Waals surface area (Å²) in [5.74, 6) is 0. The zero-order valence-electron chi connectivity index (χ0n) is 9.82. The molecule has 1 N–H and O–H groups in total. The van der Waals surface area contributed by atoms with E-state index < -0.39 is 0 Å². The van der Waals surface area contributed by atoms with Crippen LogP contribution in [0.5, 0.6) is 0 Å². The average molecular weight is 238 g/mol. The van der Waals surface area contributed by atoms with Crippen LogP contribution in [-0.2, 0) is 6.42 Å². The SMILES string of the molecule is CCN(C)C(=O)NC1CCCc2sccc21. The molecule has 1 heterocycles. The van der Waals surface area contributed by atoms with Gasteiger partial charge in [0.2, 0.25) is 0 Å². The Morgan fingerprint density at radius 3 is 3.25 bits per heavy atom. The van der Waals surface area contributed by atoms with E-state index in [0.717, 1.165) is 13.0 Å². The summed E-state index contributed by atoms with van der Waals surface area (Å²) in [4.78, 5) is 14.9. The molecule has 0 aliphatic heterocycles. The lowest BCUT2D eigenvalue weighted by molar-refractivity contribution is 0.205. The van der Waals surface area contributed by atoms with Crippen LogP contribution in [0.15, 0.2) is 11.4 Å². The summed E-state index contributed by atoms with van der Waals surface area (Å²) in [6.07, 6.45) is 3.41. The van der Waals surface area contributed by atoms with Crippen LogP contribution >= 0.6 is 11.3 Å². The highest BCUT2D eigenvalue weighted by Gasteiger charge is 2.23. The Kier molecular flexibility index (Phi) is 3.49. The van der Waals surface area contributed by atoms with E-state index in [1.165, 1.54) is 23.3 Å². The summed E-state index contributed by atoms with van der Waals surface area (Å²) in [7, 11) is 1.83. The quantitative estimate of drug-likeness (QED) is 0.844. The van der Waals surface area contributed by atoms with Gasteiger partial charge in [-0.3, -0.25) is 0 Å². The average Bonchev–Trinajstić information content (AvgIpc) is 2.77. The van der Waals surface area contributed by atoms with Crippen LogP contribution in [0.1, 0.15) is 36.2 Å². The molecule has 1 unspecified atom stereocenters. The van der Waals surface area contributed by atoms with Crippen LogP contribution in [0.2, 0.25) is 0 Å². The van der Waals surface area contributed by atoms with Crippen molar-refractivity contribution in [1.29, 1.82) is 0 Å². The van der Waals surface area contributed by atoms with Crippen LogP contribution in [0, 0.1) is 0 Å². The summed E-state index contributed by atoms with van der Waals surface area (Å²) in [5.41, 5.74) is 1.33. The number of hydrogen-bond donors (Lipinski definition) is 1. The molecule has 0 spiro atoms. The molecule has 88 valence electrons. The Hall–Kier alpha value is -1.03. The van der Waals surface area contributed by atoms with E-state index >= 15 is 0 Å². The first-order chi connectivity index (χ1) is 7.72. The second kappa shape index (κ2) is 4.87. The van der Waals surface area contributed by atoms with Gasteiger partial charge in [0.15, 0.2) is 0 Å². The fourth-order valence-corrected chi connectivity index (χ4v) is 3.03. The van der Waals surface area contributed by atoms with Crippen molar-refractivity contribution in [2.24, 2.45) is 0 Å². The second-order valence-corrected chi connectivity index (χ2v) is 5.21. The smallest absolute Gasteiger partial charge is 0.317 e. The normalized spacial score (nSPS) is 19.0. The van der Waals surface area contributed by atoms with Gasteiger partial charge in [-0.2, -0.15) is 0 Å². The Morgan fingerprint density at radius 2 is 2.50 bits per heavy atom. The van der Waals surface area contributed by atoms with Crippen LogP contribution in [0.4, 0.5) is 4.79 Å². The van der Waals surface area contributed by atoms with Crippen LogP contribution < -0.4 is 5.32 Å². The van der Waals surface area contributed by atoms with Crippen molar-refractivity contribution in [3.63, 3.8) is 0 Å². The van der Waals surface area contributed by atoms with E-state index in [2.05, 4.69) is 16.8 Å². The predicted molar refractivity (Wildman–Crippen MR) is 66.8 cm³/mol. The minimum atomic E-state index is 0.0338. The largest absolute Gasteiger partial charge is 0.331 e. The summed E-state index contributed by atoms with van der Waals surface area (Å²) in [6, 6.07) is 2.40. The molecule has 0 bridgehead atoms. The molecule has 1 aliphatic rings. The van der Waals surface area contributed by atoms with E-state index in [9.17, 15) is 4.79 Å². The molecular weight excluding hydrogens is 220 g/mol. The van der Waals surface area contributed by atoms with Gasteiger partial charge in [-0.1, -0.05) is 0 Å². The highest BCUT2D eigenvalue weighted by atomic mass is 32.1. The molecule has 16 heavy (non-hydrogen) atoms. The standard InChI is InChI=1S/C12H18N2OS/c1-3-14(2)12(15)13-10-5-4-6-11-9(10)7-8-16-11/h7-8,10H,3-6H2,1-2H3,(H,13,15). The van der Waals surface area contributed by atoms with Crippen molar-refractivity contribution in [3.05, 3.63) is 21.9 Å². The number of hydrogen-bond acceptors (Lipinski definition) is 2. The number of nitrogens with one attached hydrogen (secondary N) is 1. The first-order valence-corrected chi connectivity index (χ1v) is 6.68. The maximum Gasteiger partial charge on any atom is 0.317 e. The van der Waals surface area contributed by atoms with E-state index in [-0.39, 0.29) is 12.1 Å². The zero-order valence-corrected chi connectivity index (χ0v) is 10.6. The van der Waals surface area contributed by atoms with E-state index in [0.29, 0.717) is 0 Å². The van der Waals surface area contributed by atoms with Gasteiger partial charge in [0.05, 0.1) is 6.04 Å². The predicted octanol–water partition coefficient (Wildman–Crippen LogP) is 2.79. The molecule has 0 radical (unpaired) electrons. The number of urea groups is 1. The van der Waals surface area contributed by atoms with Gasteiger partial charge in [-0.15, -0.1) is 11.3 Å². The van der Waals surface area contributed by atoms with Crippen molar-refractivity contribution in [2.75, 3.05) is 13.6 Å². The zero-order chi connectivity index (χ0) is 11.5. The molecule has 1 aromatic rings. The van der Waals surface area contributed by atoms with Gasteiger partial charge >= 0.3 is 6.03 Å². The van der Waals surface area contributed by atoms with Gasteiger partial charge in [0.1, 0.15) is 0 Å². The summed E-state index contributed by atoms with van der Waals surface area (Å²) < 4.78 is 0. The van der Waals surface area contributed by atoms with Crippen molar-refractivity contribution in [2.45, 2.75) is 32.2 Å². The number of aryl methyl sites for hydroxylation is 1. The molecule has 3 nitrogen and oxygen atoms in total. The molecule has 2 amide bonds. The van der Waals surface area contributed by atoms with Crippen molar-refractivity contribution < 1.29 is 4.79 Å². The maximum absolute atomic E-state index is 11.8. The monoisotopic (exact) mass is 238 g/mol. The van der Waals surface area contributed by atoms with Gasteiger partial charge in [-0.05, 0) is 43.2 Å². The van der Waals surface area contributed by atoms with Crippen LogP contribution in [0.25, 0.3) is 0 Å². The molecule has 4 heteroatoms. The highest BCUT2D eigenvalue weighted by Crippen LogP contribution is 2.33. The lowest BCUT2D eigenvalue weighted by Crippen LogP contribution is -2.39. The molecule has 0 aromatic carbocycles. The van der Waals surface area contributed by atoms with E-state index in [4.69, 9.17) is 0 Å². The Morgan fingerprint density at radius 1 is 1.69 bits per heavy atom. The maximum atomic E-state index is 11.8. The third-order valence-electron chi connectivity index (χ3n) is 3.17. The topological polar surface area (TPSA) is 32.3 Å². The number of fused-ring (bicyclic) bond motifs is 1. The lowest BCUT2D eigenvalue weighted by atomic mass is 9.94. The molecule has 1 atom stereocenters. The van der Waals surface area contributed by atoms with Gasteiger partial charge in [0, 0.05) is 18.5 Å². The molecular formula is C12H18N2OS. The van der Waals surface area contributed by atoms with Crippen LogP contribution in [-0.4, -0.2) is 24.5 Å². The fourth-order valence-electron chi connectivity index (χ4n) is 2.04. The van der Waals surface area contributed by atoms with Gasteiger partial charge in [-0.25, -0.2) is 4.79 Å². The first kappa shape index (κ1) is 11.5. The number of carbonyl (C=O) groups excluding carboxylic acids is 1. The number of carbonyl (C=O) groups is 1. The minimum Gasteiger partial charge on any atom is -0.331 e. The third kappa shape index (κ3) is 2.21. The van der Waals surface area contributed by atoms with Crippen molar-refractivity contribution in [1.82, 2.24) is 10.2 Å². The Bertz CT molecular complexity index is 375. The van der Waals surface area contributed by atoms with E-state index in [1.54, 1.807) is 16.2 Å². The molecule has 1 aromatic heterocycles. The number of thiophene rings is 1. The Labute approximate surface area is 100 Å². The second-order valence-electron chi connectivity index (χ2n) is 4.21. The van der Waals surface area contributed by atoms with E-state index in [1.807, 2.05) is 14.0 Å². The summed E-state index contributed by atoms with van der Waals surface area (Å²) >= 11 is 1.81. The third-order valence-corrected chi connectivity index (χ3v) is 4.17. The molecule has 1 aliphatic carbocycles.